The van der Waals surface area contributed by atoms with Gasteiger partial charge in [0.15, 0.2) is 0 Å². The van der Waals surface area contributed by atoms with Gasteiger partial charge >= 0.3 is 10.4 Å². The Balaban J connectivity index is 2.04. The minimum Gasteiger partial charge on any atom is -0.248 e. The van der Waals surface area contributed by atoms with Crippen LogP contribution in [-0.4, -0.2) is 21.1 Å². The molecular weight excluding hydrogens is 228 g/mol. The van der Waals surface area contributed by atoms with Crippen molar-refractivity contribution in [3.8, 4) is 0 Å². The summed E-state index contributed by atoms with van der Waals surface area (Å²) in [6.07, 6.45) is 1.70. The van der Waals surface area contributed by atoms with Crippen LogP contribution in [0, 0.1) is 0 Å². The molecule has 0 saturated carbocycles. The van der Waals surface area contributed by atoms with Crippen LogP contribution < -0.4 is 0 Å². The van der Waals surface area contributed by atoms with Crippen LogP contribution in [0.2, 0.25) is 0 Å². The van der Waals surface area contributed by atoms with Gasteiger partial charge in [-0.25, -0.2) is 8.37 Å². The number of rotatable bonds is 2. The van der Waals surface area contributed by atoms with Crippen LogP contribution in [-0.2, 0) is 25.2 Å². The van der Waals surface area contributed by atoms with E-state index in [2.05, 4.69) is 4.18 Å². The Hall–Kier alpha value is -0.910. The molecule has 1 fully saturated rings. The van der Waals surface area contributed by atoms with E-state index < -0.39 is 10.4 Å². The molecule has 16 heavy (non-hydrogen) atoms. The van der Waals surface area contributed by atoms with Gasteiger partial charge in [0.25, 0.3) is 0 Å². The smallest absolute Gasteiger partial charge is 0.248 e. The molecule has 0 aromatic heterocycles. The van der Waals surface area contributed by atoms with E-state index in [9.17, 15) is 8.42 Å². The molecule has 5 heteroatoms. The molecule has 0 unspecified atom stereocenters. The average molecular weight is 242 g/mol. The Morgan fingerprint density at radius 3 is 2.75 bits per heavy atom. The molecule has 4 nitrogen and oxygen atoms in total. The van der Waals surface area contributed by atoms with Crippen molar-refractivity contribution in [3.05, 3.63) is 35.9 Å². The van der Waals surface area contributed by atoms with Crippen molar-refractivity contribution in [1.82, 2.24) is 0 Å². The predicted molar refractivity (Wildman–Crippen MR) is 59.1 cm³/mol. The second-order valence-corrected chi connectivity index (χ2v) is 5.03. The van der Waals surface area contributed by atoms with E-state index in [1.54, 1.807) is 0 Å². The second kappa shape index (κ2) is 4.95. The van der Waals surface area contributed by atoms with E-state index in [0.29, 0.717) is 19.3 Å². The lowest BCUT2D eigenvalue weighted by atomic mass is 10.0. The maximum atomic E-state index is 11.2. The van der Waals surface area contributed by atoms with Crippen LogP contribution in [0.15, 0.2) is 30.3 Å². The van der Waals surface area contributed by atoms with E-state index in [-0.39, 0.29) is 12.7 Å². The predicted octanol–water partition coefficient (Wildman–Crippen LogP) is 1.67. The van der Waals surface area contributed by atoms with Gasteiger partial charge in [-0.15, -0.1) is 0 Å². The third kappa shape index (κ3) is 3.30. The van der Waals surface area contributed by atoms with Gasteiger partial charge < -0.3 is 0 Å². The third-order valence-electron chi connectivity index (χ3n) is 2.46. The van der Waals surface area contributed by atoms with Crippen LogP contribution in [0.25, 0.3) is 0 Å². The maximum absolute atomic E-state index is 11.2. The third-order valence-corrected chi connectivity index (χ3v) is 3.42. The fourth-order valence-electron chi connectivity index (χ4n) is 1.73. The number of hydrogen-bond donors (Lipinski definition) is 0. The number of hydrogen-bond acceptors (Lipinski definition) is 4. The highest BCUT2D eigenvalue weighted by Crippen LogP contribution is 2.18. The van der Waals surface area contributed by atoms with Crippen molar-refractivity contribution in [2.24, 2.45) is 0 Å². The van der Waals surface area contributed by atoms with Crippen molar-refractivity contribution in [2.45, 2.75) is 25.4 Å². The van der Waals surface area contributed by atoms with Gasteiger partial charge in [-0.05, 0) is 18.4 Å². The van der Waals surface area contributed by atoms with Crippen molar-refractivity contribution >= 4 is 10.4 Å². The standard InChI is InChI=1S/C11H14O4S/c12-16(13)14-8-4-7-11(15-16)9-10-5-2-1-3-6-10/h1-3,5-6,11H,4,7-9H2/t11-/m1/s1. The van der Waals surface area contributed by atoms with Gasteiger partial charge in [-0.3, -0.25) is 0 Å². The molecule has 1 aliphatic rings. The Morgan fingerprint density at radius 1 is 1.25 bits per heavy atom. The van der Waals surface area contributed by atoms with Crippen molar-refractivity contribution < 1.29 is 16.8 Å². The first-order chi connectivity index (χ1) is 7.66. The minimum atomic E-state index is -3.79. The first kappa shape index (κ1) is 11.6. The normalized spacial score (nSPS) is 24.9. The fraction of sp³-hybridized carbons (Fsp3) is 0.455. The highest BCUT2D eigenvalue weighted by molar-refractivity contribution is 7.81. The first-order valence-electron chi connectivity index (χ1n) is 5.27. The average Bonchev–Trinajstić information content (AvgIpc) is 2.40. The Bertz CT molecular complexity index is 427. The molecule has 1 aromatic carbocycles. The van der Waals surface area contributed by atoms with E-state index >= 15 is 0 Å². The van der Waals surface area contributed by atoms with Gasteiger partial charge in [0.05, 0.1) is 12.7 Å². The minimum absolute atomic E-state index is 0.216. The summed E-state index contributed by atoms with van der Waals surface area (Å²) in [6, 6.07) is 9.70. The second-order valence-electron chi connectivity index (χ2n) is 3.78. The van der Waals surface area contributed by atoms with Gasteiger partial charge in [-0.1, -0.05) is 30.3 Å². The Kier molecular flexibility index (Phi) is 3.58. The summed E-state index contributed by atoms with van der Waals surface area (Å²) in [5, 5.41) is 0. The van der Waals surface area contributed by atoms with E-state index in [0.717, 1.165) is 5.56 Å². The van der Waals surface area contributed by atoms with E-state index in [1.165, 1.54) is 0 Å². The fourth-order valence-corrected chi connectivity index (χ4v) is 2.60. The van der Waals surface area contributed by atoms with Crippen LogP contribution >= 0.6 is 0 Å². The molecule has 1 heterocycles. The van der Waals surface area contributed by atoms with Gasteiger partial charge in [0.1, 0.15) is 0 Å². The molecule has 1 aliphatic heterocycles. The molecule has 0 bridgehead atoms. The van der Waals surface area contributed by atoms with Gasteiger partial charge in [0, 0.05) is 6.42 Å². The molecule has 2 rings (SSSR count). The molecule has 0 spiro atoms. The van der Waals surface area contributed by atoms with Crippen molar-refractivity contribution in [2.75, 3.05) is 6.61 Å². The van der Waals surface area contributed by atoms with Crippen LogP contribution in [0.5, 0.6) is 0 Å². The van der Waals surface area contributed by atoms with Crippen molar-refractivity contribution in [3.63, 3.8) is 0 Å². The zero-order chi connectivity index (χ0) is 11.4. The van der Waals surface area contributed by atoms with Crippen LogP contribution in [0.4, 0.5) is 0 Å². The highest BCUT2D eigenvalue weighted by atomic mass is 32.3. The largest absolute Gasteiger partial charge is 0.400 e. The molecule has 1 saturated heterocycles. The topological polar surface area (TPSA) is 52.6 Å². The molecule has 1 atom stereocenters. The molecule has 1 aromatic rings. The molecule has 88 valence electrons. The maximum Gasteiger partial charge on any atom is 0.400 e. The lowest BCUT2D eigenvalue weighted by Crippen LogP contribution is -2.19. The molecular formula is C11H14O4S. The van der Waals surface area contributed by atoms with Gasteiger partial charge in [-0.2, -0.15) is 8.42 Å². The SMILES string of the molecule is O=S1(=O)OCCC[C@H](Cc2ccccc2)O1. The number of benzene rings is 1. The quantitative estimate of drug-likeness (QED) is 0.791. The molecule has 0 aliphatic carbocycles. The van der Waals surface area contributed by atoms with Crippen molar-refractivity contribution in [1.29, 1.82) is 0 Å². The zero-order valence-corrected chi connectivity index (χ0v) is 9.65. The summed E-state index contributed by atoms with van der Waals surface area (Å²) in [6.45, 7) is 0.216. The summed E-state index contributed by atoms with van der Waals surface area (Å²) < 4.78 is 32.0. The summed E-state index contributed by atoms with van der Waals surface area (Å²) >= 11 is 0. The monoisotopic (exact) mass is 242 g/mol. The highest BCUT2D eigenvalue weighted by Gasteiger charge is 2.24. The van der Waals surface area contributed by atoms with E-state index in [4.69, 9.17) is 4.18 Å². The summed E-state index contributed by atoms with van der Waals surface area (Å²) in [4.78, 5) is 0. The summed E-state index contributed by atoms with van der Waals surface area (Å²) in [5.74, 6) is 0. The van der Waals surface area contributed by atoms with Gasteiger partial charge in [0.2, 0.25) is 0 Å². The molecule has 0 N–H and O–H groups in total. The molecule has 0 amide bonds. The van der Waals surface area contributed by atoms with E-state index in [1.807, 2.05) is 30.3 Å². The molecule has 0 radical (unpaired) electrons. The van der Waals surface area contributed by atoms with Crippen LogP contribution in [0.1, 0.15) is 18.4 Å². The van der Waals surface area contributed by atoms with Crippen LogP contribution in [0.3, 0.4) is 0 Å². The summed E-state index contributed by atoms with van der Waals surface area (Å²) in [7, 11) is -3.79. The Labute approximate surface area is 95.5 Å². The lowest BCUT2D eigenvalue weighted by Gasteiger charge is -2.12. The Morgan fingerprint density at radius 2 is 2.00 bits per heavy atom. The summed E-state index contributed by atoms with van der Waals surface area (Å²) in [5.41, 5.74) is 1.07. The lowest BCUT2D eigenvalue weighted by molar-refractivity contribution is 0.182. The first-order valence-corrected chi connectivity index (χ1v) is 6.61. The zero-order valence-electron chi connectivity index (χ0n) is 8.83.